The number of halogens is 4. The molecule has 36 heavy (non-hydrogen) atoms. The van der Waals surface area contributed by atoms with Gasteiger partial charge in [0.15, 0.2) is 13.2 Å². The van der Waals surface area contributed by atoms with E-state index in [2.05, 4.69) is 0 Å². The van der Waals surface area contributed by atoms with Crippen LogP contribution >= 0.6 is 54.7 Å². The molecule has 0 fully saturated rings. The minimum absolute atomic E-state index is 0.166. The van der Waals surface area contributed by atoms with Gasteiger partial charge in [-0.3, -0.25) is 13.6 Å². The van der Waals surface area contributed by atoms with Crippen molar-refractivity contribution in [1.29, 1.82) is 0 Å². The summed E-state index contributed by atoms with van der Waals surface area (Å²) in [5.74, 6) is -1.11. The van der Waals surface area contributed by atoms with Gasteiger partial charge in [0.25, 0.3) is 0 Å². The summed E-state index contributed by atoms with van der Waals surface area (Å²) in [6.07, 6.45) is -2.03. The summed E-state index contributed by atoms with van der Waals surface area (Å²) in [6.45, 7) is 2.33. The van der Waals surface area contributed by atoms with Crippen LogP contribution in [0.15, 0.2) is 36.4 Å². The van der Waals surface area contributed by atoms with Crippen molar-refractivity contribution < 1.29 is 42.1 Å². The minimum atomic E-state index is -3.21. The molecule has 0 spiro atoms. The Morgan fingerprint density at radius 1 is 0.750 bits per heavy atom. The molecule has 0 saturated heterocycles. The van der Waals surface area contributed by atoms with Gasteiger partial charge in [0.1, 0.15) is 11.5 Å². The van der Waals surface area contributed by atoms with Gasteiger partial charge in [-0.05, 0) is 36.4 Å². The molecule has 0 bridgehead atoms. The fourth-order valence-electron chi connectivity index (χ4n) is 2.44. The van der Waals surface area contributed by atoms with Gasteiger partial charge in [0.05, 0.1) is 10.0 Å². The first-order valence-electron chi connectivity index (χ1n) is 10.5. The summed E-state index contributed by atoms with van der Waals surface area (Å²) < 4.78 is 43.4. The van der Waals surface area contributed by atoms with E-state index in [1.54, 1.807) is 26.0 Å². The molecule has 2 aromatic rings. The molecular weight excluding hydrogens is 581 g/mol. The topological polar surface area (TPSA) is 107 Å². The SMILES string of the molecule is CCC(OC(=O)COc1ccc(Cl)cc1Cl)O[PH](=O)OC(CC)OC(=O)COc1ccc(Cl)cc1Cl. The average Bonchev–Trinajstić information content (AvgIpc) is 2.82. The zero-order valence-electron chi connectivity index (χ0n) is 19.1. The number of benzene rings is 2. The normalized spacial score (nSPS) is 13.4. The highest BCUT2D eigenvalue weighted by atomic mass is 35.5. The molecule has 2 rings (SSSR count). The summed E-state index contributed by atoms with van der Waals surface area (Å²) in [5, 5.41) is 1.26. The molecular formula is C22H23Cl4O9P. The average molecular weight is 604 g/mol. The molecule has 2 atom stereocenters. The molecule has 0 aliphatic heterocycles. The van der Waals surface area contributed by atoms with Gasteiger partial charge in [0, 0.05) is 22.9 Å². The third kappa shape index (κ3) is 10.7. The molecule has 2 aromatic carbocycles. The maximum atomic E-state index is 12.3. The van der Waals surface area contributed by atoms with Crippen LogP contribution in [-0.4, -0.2) is 37.7 Å². The Hall–Kier alpha value is -1.71. The van der Waals surface area contributed by atoms with Gasteiger partial charge in [-0.25, -0.2) is 9.59 Å². The largest absolute Gasteiger partial charge is 0.480 e. The van der Waals surface area contributed by atoms with Crippen molar-refractivity contribution in [2.45, 2.75) is 39.3 Å². The second-order valence-corrected chi connectivity index (χ2v) is 9.53. The lowest BCUT2D eigenvalue weighted by Crippen LogP contribution is -2.25. The lowest BCUT2D eigenvalue weighted by Gasteiger charge is -2.20. The number of carbonyl (C=O) groups excluding carboxylic acids is 2. The van der Waals surface area contributed by atoms with Crippen LogP contribution in [0.4, 0.5) is 0 Å². The van der Waals surface area contributed by atoms with Gasteiger partial charge in [0.2, 0.25) is 12.6 Å². The summed E-state index contributed by atoms with van der Waals surface area (Å²) >= 11 is 23.6. The molecule has 0 aromatic heterocycles. The lowest BCUT2D eigenvalue weighted by molar-refractivity contribution is -0.172. The van der Waals surface area contributed by atoms with Gasteiger partial charge in [-0.15, -0.1) is 0 Å². The molecule has 0 heterocycles. The zero-order valence-corrected chi connectivity index (χ0v) is 23.2. The quantitative estimate of drug-likeness (QED) is 0.132. The summed E-state index contributed by atoms with van der Waals surface area (Å²) in [6, 6.07) is 9.01. The van der Waals surface area contributed by atoms with Crippen molar-refractivity contribution >= 4 is 66.6 Å². The molecule has 0 N–H and O–H groups in total. The van der Waals surface area contributed by atoms with E-state index in [1.165, 1.54) is 24.3 Å². The first kappa shape index (κ1) is 30.5. The minimum Gasteiger partial charge on any atom is -0.480 e. The van der Waals surface area contributed by atoms with Gasteiger partial charge < -0.3 is 18.9 Å². The molecule has 0 saturated carbocycles. The number of ether oxygens (including phenoxy) is 4. The number of hydrogen-bond acceptors (Lipinski definition) is 9. The number of esters is 2. The molecule has 9 nitrogen and oxygen atoms in total. The van der Waals surface area contributed by atoms with E-state index in [-0.39, 0.29) is 34.4 Å². The maximum absolute atomic E-state index is 12.3. The number of hydrogen-bond donors (Lipinski definition) is 0. The maximum Gasteiger partial charge on any atom is 0.346 e. The molecule has 0 aliphatic rings. The summed E-state index contributed by atoms with van der Waals surface area (Å²) in [5.41, 5.74) is 0. The Balaban J connectivity index is 1.77. The lowest BCUT2D eigenvalue weighted by atomic mass is 10.3. The van der Waals surface area contributed by atoms with Crippen molar-refractivity contribution in [2.75, 3.05) is 13.2 Å². The Kier molecular flexibility index (Phi) is 13.2. The molecule has 0 radical (unpaired) electrons. The summed E-state index contributed by atoms with van der Waals surface area (Å²) in [4.78, 5) is 24.1. The number of carbonyl (C=O) groups is 2. The smallest absolute Gasteiger partial charge is 0.346 e. The standard InChI is InChI=1S/C22H23Cl4O9P/c1-3-21(32-19(27)11-30-17-7-5-13(23)9-15(17)25)34-36(29)35-22(4-2)33-20(28)12-31-18-8-6-14(24)10-16(18)26/h5-10,21-22,36H,3-4,11-12H2,1-2H3. The highest BCUT2D eigenvalue weighted by molar-refractivity contribution is 7.33. The van der Waals surface area contributed by atoms with Crippen molar-refractivity contribution in [1.82, 2.24) is 0 Å². The molecule has 0 aliphatic carbocycles. The van der Waals surface area contributed by atoms with Crippen LogP contribution in [0.25, 0.3) is 0 Å². The first-order chi connectivity index (χ1) is 17.1. The third-order valence-electron chi connectivity index (χ3n) is 4.13. The second kappa shape index (κ2) is 15.5. The first-order valence-corrected chi connectivity index (χ1v) is 13.3. The van der Waals surface area contributed by atoms with Crippen LogP contribution in [0.3, 0.4) is 0 Å². The van der Waals surface area contributed by atoms with Crippen molar-refractivity contribution in [3.05, 3.63) is 56.5 Å². The van der Waals surface area contributed by atoms with E-state index in [9.17, 15) is 14.2 Å². The van der Waals surface area contributed by atoms with Gasteiger partial charge in [-0.1, -0.05) is 60.3 Å². The van der Waals surface area contributed by atoms with E-state index < -0.39 is 46.0 Å². The molecule has 0 amide bonds. The molecule has 2 unspecified atom stereocenters. The molecule has 198 valence electrons. The van der Waals surface area contributed by atoms with Crippen molar-refractivity contribution in [3.8, 4) is 11.5 Å². The van der Waals surface area contributed by atoms with Gasteiger partial charge >= 0.3 is 20.2 Å². The monoisotopic (exact) mass is 602 g/mol. The van der Waals surface area contributed by atoms with Gasteiger partial charge in [-0.2, -0.15) is 0 Å². The van der Waals surface area contributed by atoms with Crippen LogP contribution < -0.4 is 9.47 Å². The zero-order chi connectivity index (χ0) is 26.7. The van der Waals surface area contributed by atoms with Crippen LogP contribution in [0, 0.1) is 0 Å². The summed E-state index contributed by atoms with van der Waals surface area (Å²) in [7, 11) is -3.21. The van der Waals surface area contributed by atoms with E-state index in [4.69, 9.17) is 74.4 Å². The van der Waals surface area contributed by atoms with Crippen molar-refractivity contribution in [3.63, 3.8) is 0 Å². The Morgan fingerprint density at radius 2 is 1.14 bits per heavy atom. The van der Waals surface area contributed by atoms with E-state index in [0.717, 1.165) is 0 Å². The van der Waals surface area contributed by atoms with Crippen LogP contribution in [0.2, 0.25) is 20.1 Å². The second-order valence-electron chi connectivity index (χ2n) is 6.87. The van der Waals surface area contributed by atoms with Crippen LogP contribution in [-0.2, 0) is 32.7 Å². The number of rotatable bonds is 14. The van der Waals surface area contributed by atoms with Crippen LogP contribution in [0.1, 0.15) is 26.7 Å². The van der Waals surface area contributed by atoms with Crippen molar-refractivity contribution in [2.24, 2.45) is 0 Å². The van der Waals surface area contributed by atoms with E-state index >= 15 is 0 Å². The Morgan fingerprint density at radius 3 is 1.47 bits per heavy atom. The highest BCUT2D eigenvalue weighted by Gasteiger charge is 2.22. The predicted octanol–water partition coefficient (Wildman–Crippen LogP) is 6.74. The molecule has 14 heteroatoms. The fourth-order valence-corrected chi connectivity index (χ4v) is 4.28. The Labute approximate surface area is 228 Å². The highest BCUT2D eigenvalue weighted by Crippen LogP contribution is 2.32. The van der Waals surface area contributed by atoms with Crippen LogP contribution in [0.5, 0.6) is 11.5 Å². The van der Waals surface area contributed by atoms with E-state index in [1.807, 2.05) is 0 Å². The van der Waals surface area contributed by atoms with E-state index in [0.29, 0.717) is 10.0 Å². The third-order valence-corrected chi connectivity index (χ3v) is 6.10. The fraction of sp³-hybridized carbons (Fsp3) is 0.364. The predicted molar refractivity (Wildman–Crippen MR) is 135 cm³/mol. The Bertz CT molecular complexity index is 988.